The smallest absolute Gasteiger partial charge is 0.186 e. The quantitative estimate of drug-likeness (QED) is 0.447. The summed E-state index contributed by atoms with van der Waals surface area (Å²) in [5.41, 5.74) is 3.91. The van der Waals surface area contributed by atoms with Crippen LogP contribution in [0.25, 0.3) is 22.7 Å². The summed E-state index contributed by atoms with van der Waals surface area (Å²) in [4.78, 5) is 6.13. The average Bonchev–Trinajstić information content (AvgIpc) is 3.53. The fraction of sp³-hybridized carbons (Fsp3) is 0.150. The molecule has 144 valence electrons. The number of hydrogen-bond acceptors (Lipinski definition) is 7. The van der Waals surface area contributed by atoms with E-state index in [9.17, 15) is 0 Å². The Morgan fingerprint density at radius 3 is 2.62 bits per heavy atom. The van der Waals surface area contributed by atoms with Gasteiger partial charge in [-0.05, 0) is 48.2 Å². The maximum Gasteiger partial charge on any atom is 0.186 e. The van der Waals surface area contributed by atoms with Gasteiger partial charge >= 0.3 is 0 Å². The number of rotatable bonds is 5. The number of benzene rings is 1. The van der Waals surface area contributed by atoms with Crippen LogP contribution in [0.15, 0.2) is 65.9 Å². The molecule has 0 amide bonds. The first-order chi connectivity index (χ1) is 14.2. The van der Waals surface area contributed by atoms with Crippen LogP contribution in [0.1, 0.15) is 18.5 Å². The van der Waals surface area contributed by atoms with Crippen LogP contribution in [-0.4, -0.2) is 41.6 Å². The van der Waals surface area contributed by atoms with E-state index in [2.05, 4.69) is 44.2 Å². The Hall–Kier alpha value is -3.59. The van der Waals surface area contributed by atoms with E-state index in [0.717, 1.165) is 28.5 Å². The van der Waals surface area contributed by atoms with Crippen molar-refractivity contribution in [1.29, 1.82) is 0 Å². The minimum atomic E-state index is 0.130. The summed E-state index contributed by atoms with van der Waals surface area (Å²) < 4.78 is 3.54. The third-order valence-corrected chi connectivity index (χ3v) is 5.71. The van der Waals surface area contributed by atoms with E-state index in [1.54, 1.807) is 26.9 Å². The molecule has 0 N–H and O–H groups in total. The van der Waals surface area contributed by atoms with E-state index >= 15 is 0 Å². The van der Waals surface area contributed by atoms with Crippen molar-refractivity contribution in [3.05, 3.63) is 71.4 Å². The van der Waals surface area contributed by atoms with Gasteiger partial charge in [0.05, 0.1) is 11.7 Å². The van der Waals surface area contributed by atoms with Gasteiger partial charge in [-0.2, -0.15) is 21.0 Å². The third-order valence-electron chi connectivity index (χ3n) is 5.03. The maximum absolute atomic E-state index is 4.80. The topological polar surface area (TPSA) is 77.0 Å². The molecule has 29 heavy (non-hydrogen) atoms. The summed E-state index contributed by atoms with van der Waals surface area (Å²) in [6.07, 6.45) is 3.22. The van der Waals surface area contributed by atoms with Crippen LogP contribution < -0.4 is 4.90 Å². The second-order valence-corrected chi connectivity index (χ2v) is 7.50. The normalized spacial score (nSPS) is 12.3. The van der Waals surface area contributed by atoms with Crippen molar-refractivity contribution in [3.63, 3.8) is 0 Å². The van der Waals surface area contributed by atoms with Crippen LogP contribution in [-0.2, 0) is 0 Å². The lowest BCUT2D eigenvalue weighted by Gasteiger charge is -2.26. The predicted octanol–water partition coefficient (Wildman–Crippen LogP) is 3.63. The Labute approximate surface area is 171 Å². The van der Waals surface area contributed by atoms with E-state index in [4.69, 9.17) is 5.10 Å². The molecule has 0 saturated heterocycles. The van der Waals surface area contributed by atoms with Gasteiger partial charge in [-0.3, -0.25) is 0 Å². The van der Waals surface area contributed by atoms with E-state index in [1.165, 1.54) is 11.9 Å². The van der Waals surface area contributed by atoms with Gasteiger partial charge < -0.3 is 4.90 Å². The Morgan fingerprint density at radius 2 is 1.90 bits per heavy atom. The van der Waals surface area contributed by atoms with Gasteiger partial charge in [0.25, 0.3) is 0 Å². The molecule has 0 aliphatic heterocycles. The summed E-state index contributed by atoms with van der Waals surface area (Å²) in [7, 11) is 2.04. The van der Waals surface area contributed by atoms with Crippen LogP contribution in [0.4, 0.5) is 5.82 Å². The monoisotopic (exact) mass is 402 g/mol. The number of nitrogens with zero attached hydrogens (tertiary/aromatic N) is 8. The summed E-state index contributed by atoms with van der Waals surface area (Å²) in [5, 5.41) is 21.6. The molecule has 1 atom stereocenters. The molecule has 1 unspecified atom stereocenters. The number of anilines is 1. The van der Waals surface area contributed by atoms with Crippen molar-refractivity contribution in [2.75, 3.05) is 11.9 Å². The summed E-state index contributed by atoms with van der Waals surface area (Å²) in [6.45, 7) is 2.16. The molecule has 5 rings (SSSR count). The molecule has 5 aromatic rings. The van der Waals surface area contributed by atoms with Crippen molar-refractivity contribution >= 4 is 22.8 Å². The first kappa shape index (κ1) is 17.5. The largest absolute Gasteiger partial charge is 0.351 e. The number of fused-ring (bicyclic) bond motifs is 1. The molecule has 0 bridgehead atoms. The van der Waals surface area contributed by atoms with Crippen LogP contribution in [0.5, 0.6) is 0 Å². The van der Waals surface area contributed by atoms with Crippen LogP contribution in [0, 0.1) is 0 Å². The van der Waals surface area contributed by atoms with Gasteiger partial charge in [-0.15, -0.1) is 15.3 Å². The second kappa shape index (κ2) is 7.10. The fourth-order valence-electron chi connectivity index (χ4n) is 3.21. The third kappa shape index (κ3) is 3.15. The van der Waals surface area contributed by atoms with E-state index in [0.29, 0.717) is 0 Å². The molecule has 4 aromatic heterocycles. The molecular formula is C20H18N8S. The highest BCUT2D eigenvalue weighted by molar-refractivity contribution is 7.08. The number of aromatic nitrogens is 7. The standard InChI is InChI=1S/C20H18N8S/c1-14(15-3-5-17(6-4-15)27-13-21-12-22-27)26(2)19-8-7-18-23-24-20(28(18)25-19)16-9-10-29-11-16/h3-14H,1-2H3. The highest BCUT2D eigenvalue weighted by Crippen LogP contribution is 2.26. The molecule has 9 heteroatoms. The van der Waals surface area contributed by atoms with E-state index < -0.39 is 0 Å². The highest BCUT2D eigenvalue weighted by Gasteiger charge is 2.16. The van der Waals surface area contributed by atoms with Gasteiger partial charge in [0.15, 0.2) is 11.5 Å². The zero-order chi connectivity index (χ0) is 19.8. The summed E-state index contributed by atoms with van der Waals surface area (Å²) >= 11 is 1.63. The summed E-state index contributed by atoms with van der Waals surface area (Å²) in [5.74, 6) is 1.60. The maximum atomic E-state index is 4.80. The summed E-state index contributed by atoms with van der Waals surface area (Å²) in [6, 6.07) is 14.4. The SMILES string of the molecule is CC(c1ccc(-n2cncn2)cc1)N(C)c1ccc2nnc(-c3ccsc3)n2n1. The molecule has 0 aliphatic rings. The van der Waals surface area contributed by atoms with Crippen molar-refractivity contribution in [1.82, 2.24) is 34.6 Å². The second-order valence-electron chi connectivity index (χ2n) is 6.72. The van der Waals surface area contributed by atoms with Crippen LogP contribution in [0.2, 0.25) is 0 Å². The first-order valence-electron chi connectivity index (χ1n) is 9.13. The van der Waals surface area contributed by atoms with Gasteiger partial charge in [-0.25, -0.2) is 9.67 Å². The Morgan fingerprint density at radius 1 is 1.03 bits per heavy atom. The molecule has 0 radical (unpaired) electrons. The van der Waals surface area contributed by atoms with Crippen molar-refractivity contribution < 1.29 is 0 Å². The minimum absolute atomic E-state index is 0.130. The molecular weight excluding hydrogens is 384 g/mol. The first-order valence-corrected chi connectivity index (χ1v) is 10.1. The lowest BCUT2D eigenvalue weighted by atomic mass is 10.1. The molecule has 1 aromatic carbocycles. The molecule has 8 nitrogen and oxygen atoms in total. The highest BCUT2D eigenvalue weighted by atomic mass is 32.1. The Bertz CT molecular complexity index is 1230. The van der Waals surface area contributed by atoms with E-state index in [-0.39, 0.29) is 6.04 Å². The zero-order valence-corrected chi connectivity index (χ0v) is 16.7. The van der Waals surface area contributed by atoms with Crippen molar-refractivity contribution in [2.24, 2.45) is 0 Å². The predicted molar refractivity (Wildman–Crippen MR) is 112 cm³/mol. The zero-order valence-electron chi connectivity index (χ0n) is 15.9. The Balaban J connectivity index is 1.44. The van der Waals surface area contributed by atoms with Crippen LogP contribution in [0.3, 0.4) is 0 Å². The van der Waals surface area contributed by atoms with Gasteiger partial charge in [0, 0.05) is 18.0 Å². The molecule has 4 heterocycles. The fourth-order valence-corrected chi connectivity index (χ4v) is 3.84. The average molecular weight is 402 g/mol. The number of thiophene rings is 1. The van der Waals surface area contributed by atoms with Gasteiger partial charge in [-0.1, -0.05) is 12.1 Å². The molecule has 0 fully saturated rings. The number of hydrogen-bond donors (Lipinski definition) is 0. The van der Waals surface area contributed by atoms with Crippen molar-refractivity contribution in [2.45, 2.75) is 13.0 Å². The van der Waals surface area contributed by atoms with Crippen LogP contribution >= 0.6 is 11.3 Å². The Kier molecular flexibility index (Phi) is 4.28. The molecule has 0 spiro atoms. The minimum Gasteiger partial charge on any atom is -0.351 e. The van der Waals surface area contributed by atoms with Crippen molar-refractivity contribution in [3.8, 4) is 17.1 Å². The molecule has 0 aliphatic carbocycles. The lowest BCUT2D eigenvalue weighted by molar-refractivity contribution is 0.715. The van der Waals surface area contributed by atoms with Gasteiger partial charge in [0.2, 0.25) is 0 Å². The van der Waals surface area contributed by atoms with E-state index in [1.807, 2.05) is 48.1 Å². The van der Waals surface area contributed by atoms with Gasteiger partial charge in [0.1, 0.15) is 18.5 Å². The lowest BCUT2D eigenvalue weighted by Crippen LogP contribution is -2.23. The molecule has 0 saturated carbocycles.